The van der Waals surface area contributed by atoms with Crippen molar-refractivity contribution in [2.24, 2.45) is 0 Å². The number of carbonyl (C=O) groups excluding carboxylic acids is 1. The largest absolute Gasteiger partial charge is 0.310 e. The summed E-state index contributed by atoms with van der Waals surface area (Å²) in [6.07, 6.45) is 3.48. The fourth-order valence-corrected chi connectivity index (χ4v) is 3.32. The van der Waals surface area contributed by atoms with Crippen LogP contribution < -0.4 is 5.32 Å². The first-order valence-electron chi connectivity index (χ1n) is 8.96. The van der Waals surface area contributed by atoms with Crippen LogP contribution in [0.4, 0.5) is 10.2 Å². The Morgan fingerprint density at radius 1 is 1.14 bits per heavy atom. The van der Waals surface area contributed by atoms with Gasteiger partial charge >= 0.3 is 0 Å². The summed E-state index contributed by atoms with van der Waals surface area (Å²) in [6.45, 7) is 6.17. The molecule has 0 fully saturated rings. The molecule has 0 atom stereocenters. The highest BCUT2D eigenvalue weighted by Gasteiger charge is 2.21. The predicted octanol–water partition coefficient (Wildman–Crippen LogP) is 4.58. The first-order chi connectivity index (χ1) is 13.3. The molecule has 5 nitrogen and oxygen atoms in total. The van der Waals surface area contributed by atoms with Gasteiger partial charge < -0.3 is 5.32 Å². The van der Waals surface area contributed by atoms with E-state index in [1.54, 1.807) is 29.2 Å². The summed E-state index contributed by atoms with van der Waals surface area (Å²) in [4.78, 5) is 16.4. The van der Waals surface area contributed by atoms with Crippen LogP contribution in [0.3, 0.4) is 0 Å². The maximum Gasteiger partial charge on any atom is 0.235 e. The Labute approximate surface area is 168 Å². The molecule has 2 heterocycles. The Morgan fingerprint density at radius 2 is 1.82 bits per heavy atom. The normalized spacial score (nSPS) is 11.4. The number of aromatic nitrogens is 3. The van der Waals surface area contributed by atoms with Crippen molar-refractivity contribution in [1.82, 2.24) is 14.8 Å². The van der Waals surface area contributed by atoms with Crippen LogP contribution in [-0.4, -0.2) is 26.4 Å². The molecule has 0 saturated carbocycles. The maximum absolute atomic E-state index is 13.3. The van der Waals surface area contributed by atoms with Crippen LogP contribution in [0.1, 0.15) is 32.0 Å². The molecule has 0 saturated heterocycles. The molecule has 7 heteroatoms. The van der Waals surface area contributed by atoms with Crippen LogP contribution in [0.2, 0.25) is 0 Å². The summed E-state index contributed by atoms with van der Waals surface area (Å²) in [5.41, 5.74) is 2.48. The lowest BCUT2D eigenvalue weighted by Gasteiger charge is -2.14. The second-order valence-corrected chi connectivity index (χ2v) is 8.44. The number of nitrogens with one attached hydrogen (secondary N) is 1. The van der Waals surface area contributed by atoms with Crippen LogP contribution in [-0.2, 0) is 16.0 Å². The summed E-state index contributed by atoms with van der Waals surface area (Å²) < 4.78 is 14.9. The average Bonchev–Trinajstić information content (AvgIpc) is 3.07. The van der Waals surface area contributed by atoms with Crippen molar-refractivity contribution in [1.29, 1.82) is 0 Å². The SMILES string of the molecule is CC(C)(C)c1cc(NC(=O)CSCc2ccncc2)n(-c2ccc(F)cc2)n1. The van der Waals surface area contributed by atoms with Crippen molar-refractivity contribution >= 4 is 23.5 Å². The van der Waals surface area contributed by atoms with E-state index >= 15 is 0 Å². The van der Waals surface area contributed by atoms with E-state index in [4.69, 9.17) is 0 Å². The molecule has 0 bridgehead atoms. The lowest BCUT2D eigenvalue weighted by Crippen LogP contribution is -2.17. The van der Waals surface area contributed by atoms with E-state index in [9.17, 15) is 9.18 Å². The Kier molecular flexibility index (Phi) is 6.14. The number of rotatable bonds is 6. The number of pyridine rings is 1. The maximum atomic E-state index is 13.3. The van der Waals surface area contributed by atoms with Gasteiger partial charge in [0.15, 0.2) is 0 Å². The standard InChI is InChI=1S/C21H23FN4OS/c1-21(2,3)18-12-19(26(25-18)17-6-4-16(22)5-7-17)24-20(27)14-28-13-15-8-10-23-11-9-15/h4-12H,13-14H2,1-3H3,(H,24,27). The van der Waals surface area contributed by atoms with Gasteiger partial charge in [0.05, 0.1) is 17.1 Å². The molecule has 146 valence electrons. The third-order valence-electron chi connectivity index (χ3n) is 4.07. The number of benzene rings is 1. The van der Waals surface area contributed by atoms with E-state index in [-0.39, 0.29) is 17.1 Å². The molecule has 0 unspecified atom stereocenters. The molecule has 0 aliphatic carbocycles. The topological polar surface area (TPSA) is 59.8 Å². The first kappa shape index (κ1) is 20.1. The van der Waals surface area contributed by atoms with Crippen LogP contribution in [0.25, 0.3) is 5.69 Å². The zero-order valence-electron chi connectivity index (χ0n) is 16.1. The molecule has 1 aromatic carbocycles. The highest BCUT2D eigenvalue weighted by molar-refractivity contribution is 7.99. The molecule has 0 spiro atoms. The smallest absolute Gasteiger partial charge is 0.235 e. The number of halogens is 1. The van der Waals surface area contributed by atoms with Crippen molar-refractivity contribution in [2.75, 3.05) is 11.1 Å². The van der Waals surface area contributed by atoms with Crippen molar-refractivity contribution in [3.8, 4) is 5.69 Å². The molecule has 3 aromatic rings. The van der Waals surface area contributed by atoms with Crippen LogP contribution in [0.15, 0.2) is 54.9 Å². The highest BCUT2D eigenvalue weighted by atomic mass is 32.2. The Hall–Kier alpha value is -2.67. The molecule has 1 amide bonds. The monoisotopic (exact) mass is 398 g/mol. The number of hydrogen-bond acceptors (Lipinski definition) is 4. The summed E-state index contributed by atoms with van der Waals surface area (Å²) in [5.74, 6) is 1.21. The second kappa shape index (κ2) is 8.56. The second-order valence-electron chi connectivity index (χ2n) is 7.45. The Balaban J connectivity index is 1.73. The fourth-order valence-electron chi connectivity index (χ4n) is 2.54. The molecule has 28 heavy (non-hydrogen) atoms. The third kappa shape index (κ3) is 5.19. The van der Waals surface area contributed by atoms with E-state index in [1.807, 2.05) is 18.2 Å². The number of nitrogens with zero attached hydrogens (tertiary/aromatic N) is 3. The van der Waals surface area contributed by atoms with Gasteiger partial charge in [-0.2, -0.15) is 5.10 Å². The minimum absolute atomic E-state index is 0.109. The zero-order chi connectivity index (χ0) is 20.1. The van der Waals surface area contributed by atoms with Gasteiger partial charge in [0.1, 0.15) is 11.6 Å². The summed E-state index contributed by atoms with van der Waals surface area (Å²) in [6, 6.07) is 11.8. The predicted molar refractivity (Wildman–Crippen MR) is 111 cm³/mol. The molecule has 2 aromatic heterocycles. The van der Waals surface area contributed by atoms with Crippen molar-refractivity contribution in [3.63, 3.8) is 0 Å². The van der Waals surface area contributed by atoms with Crippen molar-refractivity contribution < 1.29 is 9.18 Å². The molecule has 0 radical (unpaired) electrons. The quantitative estimate of drug-likeness (QED) is 0.660. The van der Waals surface area contributed by atoms with Gasteiger partial charge in [-0.3, -0.25) is 9.78 Å². The fraction of sp³-hybridized carbons (Fsp3) is 0.286. The number of carbonyl (C=O) groups is 1. The van der Waals surface area contributed by atoms with Crippen LogP contribution >= 0.6 is 11.8 Å². The van der Waals surface area contributed by atoms with E-state index in [0.29, 0.717) is 17.3 Å². The molecular weight excluding hydrogens is 375 g/mol. The van der Waals surface area contributed by atoms with Gasteiger partial charge in [0, 0.05) is 29.6 Å². The molecule has 0 aliphatic heterocycles. The van der Waals surface area contributed by atoms with Crippen LogP contribution in [0, 0.1) is 5.82 Å². The summed E-state index contributed by atoms with van der Waals surface area (Å²) in [5, 5.41) is 7.57. The Morgan fingerprint density at radius 3 is 2.46 bits per heavy atom. The lowest BCUT2D eigenvalue weighted by atomic mass is 9.92. The summed E-state index contributed by atoms with van der Waals surface area (Å²) >= 11 is 1.53. The third-order valence-corrected chi connectivity index (χ3v) is 5.07. The van der Waals surface area contributed by atoms with Gasteiger partial charge in [0.25, 0.3) is 0 Å². The first-order valence-corrected chi connectivity index (χ1v) is 10.1. The molecule has 1 N–H and O–H groups in total. The number of thioether (sulfide) groups is 1. The van der Waals surface area contributed by atoms with E-state index in [2.05, 4.69) is 36.2 Å². The van der Waals surface area contributed by atoms with Gasteiger partial charge in [0.2, 0.25) is 5.91 Å². The number of hydrogen-bond donors (Lipinski definition) is 1. The van der Waals surface area contributed by atoms with E-state index in [0.717, 1.165) is 17.0 Å². The summed E-state index contributed by atoms with van der Waals surface area (Å²) in [7, 11) is 0. The molecule has 3 rings (SSSR count). The van der Waals surface area contributed by atoms with Crippen molar-refractivity contribution in [2.45, 2.75) is 31.9 Å². The Bertz CT molecular complexity index is 933. The van der Waals surface area contributed by atoms with E-state index in [1.165, 1.54) is 23.9 Å². The minimum atomic E-state index is -0.315. The molecule has 0 aliphatic rings. The lowest BCUT2D eigenvalue weighted by molar-refractivity contribution is -0.113. The van der Waals surface area contributed by atoms with Gasteiger partial charge in [-0.05, 0) is 42.0 Å². The van der Waals surface area contributed by atoms with Crippen LogP contribution in [0.5, 0.6) is 0 Å². The highest BCUT2D eigenvalue weighted by Crippen LogP contribution is 2.26. The van der Waals surface area contributed by atoms with Gasteiger partial charge in [-0.1, -0.05) is 20.8 Å². The van der Waals surface area contributed by atoms with Crippen molar-refractivity contribution in [3.05, 3.63) is 71.9 Å². The van der Waals surface area contributed by atoms with Gasteiger partial charge in [-0.25, -0.2) is 9.07 Å². The zero-order valence-corrected chi connectivity index (χ0v) is 17.0. The average molecular weight is 399 g/mol. The number of anilines is 1. The van der Waals surface area contributed by atoms with E-state index < -0.39 is 0 Å². The van der Waals surface area contributed by atoms with Gasteiger partial charge in [-0.15, -0.1) is 11.8 Å². The minimum Gasteiger partial charge on any atom is -0.310 e. The number of amides is 1. The molecular formula is C21H23FN4OS.